The second-order valence-corrected chi connectivity index (χ2v) is 5.75. The largest absolute Gasteiger partial charge is 0.508 e. The molecular formula is C22H15FO. The van der Waals surface area contributed by atoms with Gasteiger partial charge < -0.3 is 5.11 Å². The van der Waals surface area contributed by atoms with Crippen LogP contribution in [0, 0.1) is 5.82 Å². The molecule has 1 N–H and O–H groups in total. The predicted octanol–water partition coefficient (Wildman–Crippen LogP) is 6.02. The Labute approximate surface area is 139 Å². The molecule has 0 amide bonds. The molecule has 0 heterocycles. The maximum atomic E-state index is 15.2. The van der Waals surface area contributed by atoms with Gasteiger partial charge in [0, 0.05) is 11.1 Å². The van der Waals surface area contributed by atoms with E-state index in [0.29, 0.717) is 11.1 Å². The van der Waals surface area contributed by atoms with Gasteiger partial charge in [0.2, 0.25) is 0 Å². The molecule has 0 bridgehead atoms. The number of halogens is 1. The topological polar surface area (TPSA) is 20.2 Å². The number of aromatic hydroxyl groups is 1. The van der Waals surface area contributed by atoms with E-state index in [2.05, 4.69) is 0 Å². The highest BCUT2D eigenvalue weighted by atomic mass is 19.1. The Bertz CT molecular complexity index is 1020. The molecule has 0 unspecified atom stereocenters. The standard InChI is InChI=1S/C22H15FO/c23-22-20(16-7-2-1-3-8-16)13-17(24)14-21(22)19-12-6-10-15-9-4-5-11-18(15)19/h1-14,24H. The molecule has 24 heavy (non-hydrogen) atoms. The van der Waals surface area contributed by atoms with Crippen molar-refractivity contribution in [1.29, 1.82) is 0 Å². The van der Waals surface area contributed by atoms with Crippen molar-refractivity contribution in [1.82, 2.24) is 0 Å². The molecule has 2 heteroatoms. The Balaban J connectivity index is 2.01. The molecule has 0 aromatic heterocycles. The van der Waals surface area contributed by atoms with Crippen molar-refractivity contribution in [2.45, 2.75) is 0 Å². The van der Waals surface area contributed by atoms with Crippen LogP contribution < -0.4 is 0 Å². The molecule has 0 radical (unpaired) electrons. The Morgan fingerprint density at radius 3 is 2.12 bits per heavy atom. The second-order valence-electron chi connectivity index (χ2n) is 5.75. The van der Waals surface area contributed by atoms with Gasteiger partial charge in [-0.05, 0) is 34.0 Å². The van der Waals surface area contributed by atoms with Gasteiger partial charge >= 0.3 is 0 Å². The number of hydrogen-bond acceptors (Lipinski definition) is 1. The van der Waals surface area contributed by atoms with Gasteiger partial charge in [-0.25, -0.2) is 4.39 Å². The van der Waals surface area contributed by atoms with E-state index >= 15 is 4.39 Å². The summed E-state index contributed by atoms with van der Waals surface area (Å²) in [5.74, 6) is -0.270. The average Bonchev–Trinajstić information content (AvgIpc) is 2.63. The molecule has 1 nitrogen and oxygen atoms in total. The van der Waals surface area contributed by atoms with Crippen molar-refractivity contribution in [2.24, 2.45) is 0 Å². The van der Waals surface area contributed by atoms with Gasteiger partial charge in [0.25, 0.3) is 0 Å². The smallest absolute Gasteiger partial charge is 0.139 e. The van der Waals surface area contributed by atoms with Crippen LogP contribution in [0.4, 0.5) is 4.39 Å². The highest BCUT2D eigenvalue weighted by Crippen LogP contribution is 2.37. The molecule has 4 aromatic rings. The van der Waals surface area contributed by atoms with Crippen molar-refractivity contribution in [3.8, 4) is 28.0 Å². The lowest BCUT2D eigenvalue weighted by Gasteiger charge is -2.12. The van der Waals surface area contributed by atoms with Crippen LogP contribution in [0.15, 0.2) is 84.9 Å². The first-order chi connectivity index (χ1) is 11.7. The molecule has 4 rings (SSSR count). The van der Waals surface area contributed by atoms with Crippen molar-refractivity contribution in [3.05, 3.63) is 90.7 Å². The van der Waals surface area contributed by atoms with Gasteiger partial charge in [0.05, 0.1) is 0 Å². The summed E-state index contributed by atoms with van der Waals surface area (Å²) in [6.07, 6.45) is 0. The minimum absolute atomic E-state index is 0.0539. The molecule has 4 aromatic carbocycles. The third-order valence-corrected chi connectivity index (χ3v) is 4.22. The van der Waals surface area contributed by atoms with E-state index in [9.17, 15) is 5.11 Å². The van der Waals surface area contributed by atoms with Gasteiger partial charge in [-0.3, -0.25) is 0 Å². The van der Waals surface area contributed by atoms with E-state index in [4.69, 9.17) is 0 Å². The molecule has 0 fully saturated rings. The first-order valence-electron chi connectivity index (χ1n) is 7.80. The quantitative estimate of drug-likeness (QED) is 0.480. The maximum Gasteiger partial charge on any atom is 0.139 e. The molecule has 0 spiro atoms. The van der Waals surface area contributed by atoms with Gasteiger partial charge in [0.1, 0.15) is 11.6 Å². The number of phenolic OH excluding ortho intramolecular Hbond substituents is 1. The summed E-state index contributed by atoms with van der Waals surface area (Å²) in [5, 5.41) is 12.1. The maximum absolute atomic E-state index is 15.2. The van der Waals surface area contributed by atoms with Crippen LogP contribution in [0.3, 0.4) is 0 Å². The van der Waals surface area contributed by atoms with Gasteiger partial charge in [-0.2, -0.15) is 0 Å². The van der Waals surface area contributed by atoms with Crippen LogP contribution in [0.1, 0.15) is 0 Å². The Kier molecular flexibility index (Phi) is 3.51. The van der Waals surface area contributed by atoms with E-state index in [1.165, 1.54) is 12.1 Å². The van der Waals surface area contributed by atoms with Crippen molar-refractivity contribution < 1.29 is 9.50 Å². The van der Waals surface area contributed by atoms with E-state index in [0.717, 1.165) is 21.9 Å². The number of benzene rings is 4. The van der Waals surface area contributed by atoms with Crippen molar-refractivity contribution in [2.75, 3.05) is 0 Å². The minimum Gasteiger partial charge on any atom is -0.508 e. The molecule has 116 valence electrons. The summed E-state index contributed by atoms with van der Waals surface area (Å²) >= 11 is 0. The summed E-state index contributed by atoms with van der Waals surface area (Å²) in [5.41, 5.74) is 2.33. The first kappa shape index (κ1) is 14.5. The highest BCUT2D eigenvalue weighted by Gasteiger charge is 2.15. The van der Waals surface area contributed by atoms with Crippen LogP contribution in [0.2, 0.25) is 0 Å². The minimum atomic E-state index is -0.324. The van der Waals surface area contributed by atoms with Crippen LogP contribution in [-0.4, -0.2) is 5.11 Å². The molecular weight excluding hydrogens is 299 g/mol. The van der Waals surface area contributed by atoms with E-state index in [1.807, 2.05) is 72.8 Å². The van der Waals surface area contributed by atoms with Crippen molar-refractivity contribution >= 4 is 10.8 Å². The summed E-state index contributed by atoms with van der Waals surface area (Å²) in [6.45, 7) is 0. The summed E-state index contributed by atoms with van der Waals surface area (Å²) < 4.78 is 15.2. The fourth-order valence-electron chi connectivity index (χ4n) is 3.09. The number of phenols is 1. The lowest BCUT2D eigenvalue weighted by molar-refractivity contribution is 0.474. The molecule has 0 aliphatic rings. The molecule has 0 aliphatic carbocycles. The zero-order valence-corrected chi connectivity index (χ0v) is 12.9. The van der Waals surface area contributed by atoms with E-state index in [-0.39, 0.29) is 11.6 Å². The Morgan fingerprint density at radius 2 is 1.29 bits per heavy atom. The highest BCUT2D eigenvalue weighted by molar-refractivity contribution is 5.97. The van der Waals surface area contributed by atoms with Crippen LogP contribution >= 0.6 is 0 Å². The molecule has 0 aliphatic heterocycles. The monoisotopic (exact) mass is 314 g/mol. The summed E-state index contributed by atoms with van der Waals surface area (Å²) in [7, 11) is 0. The van der Waals surface area contributed by atoms with E-state index in [1.54, 1.807) is 0 Å². The van der Waals surface area contributed by atoms with Crippen LogP contribution in [0.5, 0.6) is 5.75 Å². The molecule has 0 saturated carbocycles. The van der Waals surface area contributed by atoms with Crippen LogP contribution in [0.25, 0.3) is 33.0 Å². The fraction of sp³-hybridized carbons (Fsp3) is 0. The number of rotatable bonds is 2. The SMILES string of the molecule is Oc1cc(-c2ccccc2)c(F)c(-c2cccc3ccccc23)c1. The Morgan fingerprint density at radius 1 is 0.625 bits per heavy atom. The Hall–Kier alpha value is -3.13. The second kappa shape index (κ2) is 5.82. The van der Waals surface area contributed by atoms with Gasteiger partial charge in [0.15, 0.2) is 0 Å². The van der Waals surface area contributed by atoms with E-state index < -0.39 is 0 Å². The first-order valence-corrected chi connectivity index (χ1v) is 7.80. The van der Waals surface area contributed by atoms with Gasteiger partial charge in [-0.1, -0.05) is 72.8 Å². The predicted molar refractivity (Wildman–Crippen MR) is 96.4 cm³/mol. The van der Waals surface area contributed by atoms with Crippen molar-refractivity contribution in [3.63, 3.8) is 0 Å². The number of fused-ring (bicyclic) bond motifs is 1. The lowest BCUT2D eigenvalue weighted by atomic mass is 9.94. The van der Waals surface area contributed by atoms with Crippen LogP contribution in [-0.2, 0) is 0 Å². The third-order valence-electron chi connectivity index (χ3n) is 4.22. The fourth-order valence-corrected chi connectivity index (χ4v) is 3.09. The average molecular weight is 314 g/mol. The molecule has 0 atom stereocenters. The third kappa shape index (κ3) is 2.42. The lowest BCUT2D eigenvalue weighted by Crippen LogP contribution is -1.91. The summed E-state index contributed by atoms with van der Waals surface area (Å²) in [4.78, 5) is 0. The normalized spacial score (nSPS) is 10.9. The zero-order valence-electron chi connectivity index (χ0n) is 12.9. The number of hydrogen-bond donors (Lipinski definition) is 1. The molecule has 0 saturated heterocycles. The summed E-state index contributed by atoms with van der Waals surface area (Å²) in [6, 6.07) is 25.9. The van der Waals surface area contributed by atoms with Gasteiger partial charge in [-0.15, -0.1) is 0 Å². The zero-order chi connectivity index (χ0) is 16.5.